The quantitative estimate of drug-likeness (QED) is 0.0208. The predicted molar refractivity (Wildman–Crippen MR) is 312 cm³/mol. The summed E-state index contributed by atoms with van der Waals surface area (Å²) in [6, 6.07) is 21.6. The first-order chi connectivity index (χ1) is 41.4. The Kier molecular flexibility index (Phi) is 19.5. The van der Waals surface area contributed by atoms with Crippen LogP contribution in [0.5, 0.6) is 5.75 Å². The fraction of sp³-hybridized carbons (Fsp3) is 0.339. The summed E-state index contributed by atoms with van der Waals surface area (Å²) in [4.78, 5) is 101. The number of anilines is 3. The number of aryl methyl sites for hydroxylation is 2. The van der Waals surface area contributed by atoms with Crippen molar-refractivity contribution in [2.75, 3.05) is 74.7 Å². The van der Waals surface area contributed by atoms with Crippen LogP contribution in [0.2, 0.25) is 0 Å². The topological polar surface area (TPSA) is 291 Å². The van der Waals surface area contributed by atoms with Gasteiger partial charge in [0.25, 0.3) is 17.7 Å². The number of ether oxygens (including phenoxy) is 3. The maximum absolute atomic E-state index is 15.1. The smallest absolute Gasteiger partial charge is 0.355 e. The molecule has 3 aliphatic heterocycles. The van der Waals surface area contributed by atoms with Crippen LogP contribution in [0.3, 0.4) is 0 Å². The number of rotatable bonds is 27. The molecule has 1 unspecified atom stereocenters. The Balaban J connectivity index is 0.562. The van der Waals surface area contributed by atoms with E-state index in [9.17, 15) is 38.7 Å². The van der Waals surface area contributed by atoms with E-state index < -0.39 is 41.5 Å². The third-order valence-corrected chi connectivity index (χ3v) is 16.2. The van der Waals surface area contributed by atoms with Gasteiger partial charge in [0.1, 0.15) is 11.7 Å². The maximum atomic E-state index is 15.1. The number of carboxylic acids is 1. The van der Waals surface area contributed by atoms with Crippen molar-refractivity contribution in [1.82, 2.24) is 45.8 Å². The number of aromatic carboxylic acids is 1. The number of carbonyl (C=O) groups excluding carboxylic acids is 6. The lowest BCUT2D eigenvalue weighted by Crippen LogP contribution is -2.54. The number of thiazole rings is 2. The number of amides is 6. The molecule has 23 nitrogen and oxygen atoms in total. The van der Waals surface area contributed by atoms with Crippen molar-refractivity contribution in [3.05, 3.63) is 141 Å². The number of carbonyl (C=O) groups is 7. The Morgan fingerprint density at radius 3 is 2.59 bits per heavy atom. The minimum atomic E-state index is -1.14. The number of nitrogens with one attached hydrogen (secondary N) is 5. The third-order valence-electron chi connectivity index (χ3n) is 14.0. The van der Waals surface area contributed by atoms with Crippen LogP contribution in [-0.2, 0) is 56.4 Å². The highest BCUT2D eigenvalue weighted by Crippen LogP contribution is 2.35. The molecule has 0 spiro atoms. The summed E-state index contributed by atoms with van der Waals surface area (Å²) in [5.41, 5.74) is 5.09. The van der Waals surface area contributed by atoms with E-state index in [0.717, 1.165) is 26.2 Å². The molecule has 6 amide bonds. The maximum Gasteiger partial charge on any atom is 0.355 e. The monoisotopic (exact) mass is 1190 g/mol. The van der Waals surface area contributed by atoms with E-state index in [4.69, 9.17) is 14.2 Å². The van der Waals surface area contributed by atoms with Gasteiger partial charge in [0.05, 0.1) is 67.1 Å². The number of para-hydroxylation sites is 1. The first-order valence-electron chi connectivity index (χ1n) is 27.6. The minimum Gasteiger partial charge on any atom is -0.491 e. The zero-order chi connectivity index (χ0) is 59.2. The highest BCUT2D eigenvalue weighted by atomic mass is 32.1. The molecule has 6 heterocycles. The van der Waals surface area contributed by atoms with Gasteiger partial charge >= 0.3 is 5.97 Å². The normalized spacial score (nSPS) is 14.6. The highest BCUT2D eigenvalue weighted by molar-refractivity contribution is 7.22. The zero-order valence-electron chi connectivity index (χ0n) is 45.9. The van der Waals surface area contributed by atoms with E-state index in [1.165, 1.54) is 40.9 Å². The fourth-order valence-corrected chi connectivity index (χ4v) is 11.9. The molecule has 3 aliphatic rings. The second-order valence-electron chi connectivity index (χ2n) is 19.9. The van der Waals surface area contributed by atoms with Crippen molar-refractivity contribution in [3.8, 4) is 17.6 Å². The summed E-state index contributed by atoms with van der Waals surface area (Å²) in [5.74, 6) is 1.57. The van der Waals surface area contributed by atoms with Gasteiger partial charge in [0, 0.05) is 73.8 Å². The Bertz CT molecular complexity index is 3690. The van der Waals surface area contributed by atoms with Crippen molar-refractivity contribution in [1.29, 1.82) is 0 Å². The van der Waals surface area contributed by atoms with Gasteiger partial charge in [-0.3, -0.25) is 49.0 Å². The number of aromatic nitrogens is 5. The summed E-state index contributed by atoms with van der Waals surface area (Å²) in [7, 11) is 0. The van der Waals surface area contributed by atoms with E-state index in [1.807, 2.05) is 41.3 Å². The highest BCUT2D eigenvalue weighted by Gasteiger charge is 2.45. The molecule has 1 fully saturated rings. The Labute approximate surface area is 494 Å². The average molecular weight is 1200 g/mol. The SMILES string of the molecule is O=C(CCCn1cc(COCCOCCNc2cccc3c2C(=O)N(C2CCC(=O)NC2=O)C3=O)nn1)NCCNCC#Cc1ccc(OCCCc2sc(N3CCc4cccc(C(=O)Nc5nc6ccccc6s5)c4C3)nc2C(=O)O)c(F)c1. The van der Waals surface area contributed by atoms with E-state index in [2.05, 4.69) is 58.7 Å². The Morgan fingerprint density at radius 2 is 1.74 bits per heavy atom. The van der Waals surface area contributed by atoms with Crippen molar-refractivity contribution < 1.29 is 57.3 Å². The molecule has 1 atom stereocenters. The van der Waals surface area contributed by atoms with Gasteiger partial charge in [0.15, 0.2) is 27.5 Å². The molecule has 6 N–H and O–H groups in total. The number of hydrogen-bond acceptors (Lipinski definition) is 19. The van der Waals surface area contributed by atoms with Gasteiger partial charge in [-0.1, -0.05) is 58.7 Å². The van der Waals surface area contributed by atoms with Crippen LogP contribution in [-0.4, -0.2) is 142 Å². The number of benzene rings is 4. The predicted octanol–water partition coefficient (Wildman–Crippen LogP) is 5.59. The minimum absolute atomic E-state index is 0.0371. The van der Waals surface area contributed by atoms with Crippen LogP contribution < -0.4 is 36.2 Å². The van der Waals surface area contributed by atoms with Gasteiger partial charge in [-0.05, 0) is 91.8 Å². The zero-order valence-corrected chi connectivity index (χ0v) is 47.6. The van der Waals surface area contributed by atoms with Gasteiger partial charge in [-0.25, -0.2) is 19.2 Å². The number of fused-ring (bicyclic) bond motifs is 3. The van der Waals surface area contributed by atoms with Gasteiger partial charge in [-0.15, -0.1) is 16.4 Å². The Morgan fingerprint density at radius 1 is 0.882 bits per heavy atom. The molecule has 440 valence electrons. The van der Waals surface area contributed by atoms with Crippen LogP contribution in [0, 0.1) is 17.7 Å². The van der Waals surface area contributed by atoms with E-state index in [-0.39, 0.29) is 86.7 Å². The fourth-order valence-electron chi connectivity index (χ4n) is 9.88. The van der Waals surface area contributed by atoms with Crippen LogP contribution in [0.4, 0.5) is 20.3 Å². The number of hydrogen-bond donors (Lipinski definition) is 6. The number of halogens is 1. The lowest BCUT2D eigenvalue weighted by Gasteiger charge is -2.29. The largest absolute Gasteiger partial charge is 0.491 e. The molecule has 1 saturated heterocycles. The number of piperidine rings is 1. The molecule has 0 bridgehead atoms. The Hall–Kier alpha value is -9.00. The molecule has 3 aromatic heterocycles. The standard InChI is InChI=1S/C59H59FN12O11S2/c60-42-32-36(17-19-46(42)83-28-7-15-48-52(57(79)80)66-59(85-48)70-27-21-37-9-3-10-39(41(37)34-70)53(75)67-58-64-43-12-1-2-14-47(43)84-58)8-5-22-61-23-24-63-49(73)16-6-26-71-33-38(68-69-71)35-82-31-30-81-29-25-62-44-13-4-11-40-51(44)56(78)72(55(40)77)45-18-20-50(74)65-54(45)76/h1-4,9-14,17,19,32-33,45,61-62H,6-7,15-16,18,20-31,34-35H2,(H,63,73)(H,79,80)(H,64,67,75)(H,65,74,76). The average Bonchev–Trinajstić information content (AvgIpc) is 2.66. The lowest BCUT2D eigenvalue weighted by molar-refractivity contribution is -0.136. The van der Waals surface area contributed by atoms with Crippen LogP contribution in [0.1, 0.15) is 101 Å². The van der Waals surface area contributed by atoms with Crippen LogP contribution in [0.25, 0.3) is 10.2 Å². The van der Waals surface area contributed by atoms with Crippen LogP contribution in [0.15, 0.2) is 85.1 Å². The molecule has 10 rings (SSSR count). The molecule has 0 aliphatic carbocycles. The second-order valence-corrected chi connectivity index (χ2v) is 22.0. The van der Waals surface area contributed by atoms with Crippen molar-refractivity contribution in [2.24, 2.45) is 0 Å². The number of carboxylic acid groups (broad SMARTS) is 1. The van der Waals surface area contributed by atoms with Crippen molar-refractivity contribution in [2.45, 2.75) is 70.7 Å². The van der Waals surface area contributed by atoms with Crippen LogP contribution >= 0.6 is 22.7 Å². The molecular weight excluding hydrogens is 1140 g/mol. The van der Waals surface area contributed by atoms with E-state index in [1.54, 1.807) is 35.1 Å². The summed E-state index contributed by atoms with van der Waals surface area (Å²) in [6.45, 7) is 4.18. The van der Waals surface area contributed by atoms with Gasteiger partial charge in [-0.2, -0.15) is 0 Å². The molecule has 7 aromatic rings. The first kappa shape index (κ1) is 59.2. The number of nitrogens with zero attached hydrogens (tertiary/aromatic N) is 7. The van der Waals surface area contributed by atoms with Gasteiger partial charge in [0.2, 0.25) is 17.7 Å². The lowest BCUT2D eigenvalue weighted by atomic mass is 9.94. The summed E-state index contributed by atoms with van der Waals surface area (Å²) in [5, 5.41) is 33.6. The molecule has 0 radical (unpaired) electrons. The number of imide groups is 2. The second kappa shape index (κ2) is 28.1. The molecule has 4 aromatic carbocycles. The molecule has 0 saturated carbocycles. The van der Waals surface area contributed by atoms with E-state index in [0.29, 0.717) is 109 Å². The van der Waals surface area contributed by atoms with Crippen molar-refractivity contribution in [3.63, 3.8) is 0 Å². The van der Waals surface area contributed by atoms with Gasteiger partial charge < -0.3 is 40.2 Å². The molecular formula is C59H59FN12O11S2. The third kappa shape index (κ3) is 14.9. The summed E-state index contributed by atoms with van der Waals surface area (Å²) >= 11 is 2.70. The molecule has 85 heavy (non-hydrogen) atoms. The summed E-state index contributed by atoms with van der Waals surface area (Å²) in [6.07, 6.45) is 4.12. The van der Waals surface area contributed by atoms with E-state index >= 15 is 4.39 Å². The first-order valence-corrected chi connectivity index (χ1v) is 29.3. The molecule has 26 heteroatoms. The summed E-state index contributed by atoms with van der Waals surface area (Å²) < 4.78 is 34.8. The van der Waals surface area contributed by atoms with Crippen molar-refractivity contribution >= 4 is 90.3 Å².